The summed E-state index contributed by atoms with van der Waals surface area (Å²) >= 11 is 0. The van der Waals surface area contributed by atoms with Gasteiger partial charge in [-0.05, 0) is 66.3 Å². The first kappa shape index (κ1) is 27.0. The highest BCUT2D eigenvalue weighted by Crippen LogP contribution is 2.33. The number of fused-ring (bicyclic) bond motifs is 1. The summed E-state index contributed by atoms with van der Waals surface area (Å²) in [5.74, 6) is -1.11. The number of carbonyl (C=O) groups is 1. The lowest BCUT2D eigenvalue weighted by Crippen LogP contribution is -2.34. The molecule has 0 bridgehead atoms. The van der Waals surface area contributed by atoms with Gasteiger partial charge in [-0.25, -0.2) is 4.39 Å². The van der Waals surface area contributed by atoms with Crippen LogP contribution in [-0.4, -0.2) is 48.3 Å². The van der Waals surface area contributed by atoms with E-state index in [2.05, 4.69) is 29.3 Å². The van der Waals surface area contributed by atoms with E-state index in [1.165, 1.54) is 12.1 Å². The second kappa shape index (κ2) is 13.0. The van der Waals surface area contributed by atoms with Crippen LogP contribution in [0.25, 0.3) is 11.1 Å². The summed E-state index contributed by atoms with van der Waals surface area (Å²) in [5, 5.41) is 13.7. The van der Waals surface area contributed by atoms with Crippen molar-refractivity contribution < 1.29 is 19.0 Å². The molecule has 1 aliphatic rings. The molecule has 0 unspecified atom stereocenters. The number of hydrogen-bond donors (Lipinski definition) is 2. The first-order valence-electron chi connectivity index (χ1n) is 13.3. The number of aliphatic hydroxyl groups is 1. The molecule has 1 aliphatic carbocycles. The van der Waals surface area contributed by atoms with Gasteiger partial charge in [0.2, 0.25) is 0 Å². The van der Waals surface area contributed by atoms with Gasteiger partial charge in [-0.15, -0.1) is 0 Å². The van der Waals surface area contributed by atoms with Crippen molar-refractivity contribution in [3.63, 3.8) is 0 Å². The Hall–Kier alpha value is -3.06. The minimum atomic E-state index is -0.751. The average Bonchev–Trinajstić information content (AvgIpc) is 3.21. The highest BCUT2D eigenvalue weighted by Gasteiger charge is 2.33. The summed E-state index contributed by atoms with van der Waals surface area (Å²) < 4.78 is 20.4. The number of amides is 1. The van der Waals surface area contributed by atoms with Gasteiger partial charge in [-0.1, -0.05) is 61.5 Å². The predicted molar refractivity (Wildman–Crippen MR) is 145 cm³/mol. The first-order chi connectivity index (χ1) is 18.0. The van der Waals surface area contributed by atoms with E-state index >= 15 is 0 Å². The van der Waals surface area contributed by atoms with Gasteiger partial charge < -0.3 is 15.2 Å². The van der Waals surface area contributed by atoms with E-state index in [1.54, 1.807) is 6.07 Å². The Bertz CT molecular complexity index is 1180. The van der Waals surface area contributed by atoms with Crippen LogP contribution < -0.4 is 5.32 Å². The smallest absolute Gasteiger partial charge is 0.254 e. The van der Waals surface area contributed by atoms with Crippen molar-refractivity contribution in [1.29, 1.82) is 0 Å². The van der Waals surface area contributed by atoms with Crippen molar-refractivity contribution in [2.45, 2.75) is 51.8 Å². The molecule has 2 N–H and O–H groups in total. The van der Waals surface area contributed by atoms with E-state index in [4.69, 9.17) is 4.74 Å². The van der Waals surface area contributed by atoms with Crippen molar-refractivity contribution in [1.82, 2.24) is 10.2 Å². The molecule has 0 spiro atoms. The fourth-order valence-electron chi connectivity index (χ4n) is 5.05. The number of halogens is 1. The molecule has 3 aromatic carbocycles. The molecule has 0 radical (unpaired) electrons. The Labute approximate surface area is 219 Å². The van der Waals surface area contributed by atoms with Gasteiger partial charge >= 0.3 is 0 Å². The maximum atomic E-state index is 14.9. The van der Waals surface area contributed by atoms with Crippen LogP contribution in [0.5, 0.6) is 0 Å². The summed E-state index contributed by atoms with van der Waals surface area (Å²) in [7, 11) is 0. The van der Waals surface area contributed by atoms with Crippen LogP contribution in [0, 0.1) is 5.82 Å². The molecule has 6 heteroatoms. The van der Waals surface area contributed by atoms with Crippen molar-refractivity contribution in [2.75, 3.05) is 26.3 Å². The third-order valence-electron chi connectivity index (χ3n) is 6.88. The molecule has 196 valence electrons. The molecule has 0 aromatic heterocycles. The topological polar surface area (TPSA) is 61.8 Å². The minimum Gasteiger partial charge on any atom is -0.390 e. The Balaban J connectivity index is 1.47. The zero-order valence-corrected chi connectivity index (χ0v) is 21.8. The lowest BCUT2D eigenvalue weighted by Gasteiger charge is -2.23. The number of carbonyl (C=O) groups excluding carboxylic acids is 1. The molecule has 0 aliphatic heterocycles. The first-order valence-corrected chi connectivity index (χ1v) is 13.3. The number of nitrogens with one attached hydrogen (secondary N) is 1. The molecule has 5 nitrogen and oxygen atoms in total. The lowest BCUT2D eigenvalue weighted by molar-refractivity contribution is 0.0854. The summed E-state index contributed by atoms with van der Waals surface area (Å²) in [6.07, 6.45) is 1.75. The van der Waals surface area contributed by atoms with Crippen molar-refractivity contribution >= 4 is 5.91 Å². The fourth-order valence-corrected chi connectivity index (χ4v) is 5.05. The summed E-state index contributed by atoms with van der Waals surface area (Å²) in [4.78, 5) is 15.5. The van der Waals surface area contributed by atoms with Crippen LogP contribution in [0.3, 0.4) is 0 Å². The molecule has 1 amide bonds. The molecule has 2 atom stereocenters. The largest absolute Gasteiger partial charge is 0.390 e. The van der Waals surface area contributed by atoms with E-state index in [-0.39, 0.29) is 5.56 Å². The van der Waals surface area contributed by atoms with Crippen LogP contribution in [0.4, 0.5) is 4.39 Å². The molecular formula is C31H37FN2O3. The summed E-state index contributed by atoms with van der Waals surface area (Å²) in [6, 6.07) is 19.8. The molecule has 0 saturated heterocycles. The van der Waals surface area contributed by atoms with Gasteiger partial charge in [0.15, 0.2) is 0 Å². The van der Waals surface area contributed by atoms with Crippen molar-refractivity contribution in [3.8, 4) is 11.1 Å². The molecule has 3 aromatic rings. The molecule has 37 heavy (non-hydrogen) atoms. The van der Waals surface area contributed by atoms with E-state index in [9.17, 15) is 14.3 Å². The second-order valence-electron chi connectivity index (χ2n) is 9.64. The van der Waals surface area contributed by atoms with E-state index in [0.29, 0.717) is 12.0 Å². The molecule has 4 rings (SSSR count). The van der Waals surface area contributed by atoms with Gasteiger partial charge in [0.25, 0.3) is 5.91 Å². The zero-order chi connectivity index (χ0) is 26.2. The van der Waals surface area contributed by atoms with Crippen LogP contribution in [0.1, 0.15) is 59.8 Å². The van der Waals surface area contributed by atoms with Crippen LogP contribution >= 0.6 is 0 Å². The number of aliphatic hydroxyl groups excluding tert-OH is 1. The molecule has 0 heterocycles. The fraction of sp³-hybridized carbons (Fsp3) is 0.387. The van der Waals surface area contributed by atoms with Gasteiger partial charge in [0, 0.05) is 32.7 Å². The highest BCUT2D eigenvalue weighted by molar-refractivity contribution is 5.95. The van der Waals surface area contributed by atoms with Gasteiger partial charge in [-0.3, -0.25) is 9.69 Å². The number of nitrogens with zero attached hydrogens (tertiary/aromatic N) is 1. The monoisotopic (exact) mass is 504 g/mol. The Morgan fingerprint density at radius 1 is 1.05 bits per heavy atom. The SMILES string of the molecule is CCCN(CCCOCC)Cc1ccc2c(c1)[C@@H](NC(=O)c1ccc(-c3ccccc3)cc1F)[C@H](O)C2. The van der Waals surface area contributed by atoms with Crippen LogP contribution in [0.2, 0.25) is 0 Å². The minimum absolute atomic E-state index is 0.0279. The maximum Gasteiger partial charge on any atom is 0.254 e. The third-order valence-corrected chi connectivity index (χ3v) is 6.88. The van der Waals surface area contributed by atoms with Crippen molar-refractivity contribution in [3.05, 3.63) is 94.8 Å². The molecular weight excluding hydrogens is 467 g/mol. The third kappa shape index (κ3) is 6.83. The van der Waals surface area contributed by atoms with Gasteiger partial charge in [0.05, 0.1) is 17.7 Å². The number of hydrogen-bond acceptors (Lipinski definition) is 4. The lowest BCUT2D eigenvalue weighted by atomic mass is 10.0. The van der Waals surface area contributed by atoms with Crippen molar-refractivity contribution in [2.24, 2.45) is 0 Å². The maximum absolute atomic E-state index is 14.9. The summed E-state index contributed by atoms with van der Waals surface area (Å²) in [5.41, 5.74) is 4.62. The van der Waals surface area contributed by atoms with Crippen LogP contribution in [-0.2, 0) is 17.7 Å². The van der Waals surface area contributed by atoms with Crippen LogP contribution in [0.15, 0.2) is 66.7 Å². The van der Waals surface area contributed by atoms with E-state index < -0.39 is 23.9 Å². The highest BCUT2D eigenvalue weighted by atomic mass is 19.1. The van der Waals surface area contributed by atoms with E-state index in [0.717, 1.165) is 67.9 Å². The number of rotatable bonds is 12. The standard InChI is InChI=1S/C31H37FN2O3/c1-3-15-34(16-8-17-37-4-2)21-22-11-12-25-20-29(35)30(27(25)18-22)33-31(36)26-14-13-24(19-28(26)32)23-9-6-5-7-10-23/h5-7,9-14,18-19,29-30,35H,3-4,8,15-17,20-21H2,1-2H3,(H,33,36)/t29-,30-/m1/s1. The van der Waals surface area contributed by atoms with E-state index in [1.807, 2.05) is 43.3 Å². The van der Waals surface area contributed by atoms with Gasteiger partial charge in [-0.2, -0.15) is 0 Å². The Morgan fingerprint density at radius 3 is 2.59 bits per heavy atom. The average molecular weight is 505 g/mol. The Kier molecular flexibility index (Phi) is 9.45. The quantitative estimate of drug-likeness (QED) is 0.319. The second-order valence-corrected chi connectivity index (χ2v) is 9.64. The molecule has 0 fully saturated rings. The Morgan fingerprint density at radius 2 is 1.86 bits per heavy atom. The normalized spacial score (nSPS) is 16.7. The number of benzene rings is 3. The number of ether oxygens (including phenoxy) is 1. The van der Waals surface area contributed by atoms with Gasteiger partial charge in [0.1, 0.15) is 5.82 Å². The zero-order valence-electron chi connectivity index (χ0n) is 21.8. The molecule has 0 saturated carbocycles. The summed E-state index contributed by atoms with van der Waals surface area (Å²) in [6.45, 7) is 8.40. The predicted octanol–water partition coefficient (Wildman–Crippen LogP) is 5.52.